The van der Waals surface area contributed by atoms with Gasteiger partial charge in [-0.05, 0) is 31.5 Å². The van der Waals surface area contributed by atoms with Crippen molar-refractivity contribution in [3.63, 3.8) is 0 Å². The number of hydrogen-bond acceptors (Lipinski definition) is 4. The second-order valence-electron chi connectivity index (χ2n) is 4.80. The maximum absolute atomic E-state index is 12.0. The first-order chi connectivity index (χ1) is 9.33. The standard InChI is InChI=1S/C14H16N4O/c19-14(8-10-2-1-5-16-10)18-13-4-7-17-12-3-6-15-9-11(12)13/h3-4,6-7,9-10,16H,1-2,5,8H2,(H,17,18,19). The van der Waals surface area contributed by atoms with Gasteiger partial charge < -0.3 is 10.6 Å². The van der Waals surface area contributed by atoms with Crippen molar-refractivity contribution >= 4 is 22.5 Å². The monoisotopic (exact) mass is 256 g/mol. The highest BCUT2D eigenvalue weighted by Crippen LogP contribution is 2.20. The number of nitrogens with one attached hydrogen (secondary N) is 2. The number of amides is 1. The normalized spacial score (nSPS) is 18.6. The van der Waals surface area contributed by atoms with E-state index in [1.54, 1.807) is 18.6 Å². The van der Waals surface area contributed by atoms with Crippen LogP contribution in [0.25, 0.3) is 10.9 Å². The summed E-state index contributed by atoms with van der Waals surface area (Å²) in [5.41, 5.74) is 1.62. The molecule has 98 valence electrons. The third-order valence-electron chi connectivity index (χ3n) is 3.41. The molecule has 1 aliphatic rings. The van der Waals surface area contributed by atoms with Gasteiger partial charge in [0.2, 0.25) is 5.91 Å². The van der Waals surface area contributed by atoms with E-state index in [1.165, 1.54) is 0 Å². The number of pyridine rings is 2. The first kappa shape index (κ1) is 12.0. The Morgan fingerprint density at radius 3 is 3.21 bits per heavy atom. The molecule has 3 heterocycles. The largest absolute Gasteiger partial charge is 0.325 e. The number of anilines is 1. The molecular weight excluding hydrogens is 240 g/mol. The molecule has 0 aliphatic carbocycles. The molecule has 2 aromatic rings. The number of carbonyl (C=O) groups excluding carboxylic acids is 1. The lowest BCUT2D eigenvalue weighted by molar-refractivity contribution is -0.116. The molecule has 19 heavy (non-hydrogen) atoms. The van der Waals surface area contributed by atoms with Crippen molar-refractivity contribution in [3.05, 3.63) is 30.7 Å². The van der Waals surface area contributed by atoms with Gasteiger partial charge in [0.05, 0.1) is 11.2 Å². The van der Waals surface area contributed by atoms with E-state index in [0.29, 0.717) is 12.5 Å². The van der Waals surface area contributed by atoms with E-state index in [-0.39, 0.29) is 5.91 Å². The SMILES string of the molecule is O=C(CC1CCCN1)Nc1ccnc2ccncc12. The molecule has 5 nitrogen and oxygen atoms in total. The molecule has 1 fully saturated rings. The summed E-state index contributed by atoms with van der Waals surface area (Å²) in [6.45, 7) is 1.01. The van der Waals surface area contributed by atoms with Crippen LogP contribution in [0.5, 0.6) is 0 Å². The lowest BCUT2D eigenvalue weighted by atomic mass is 10.1. The first-order valence-electron chi connectivity index (χ1n) is 6.55. The maximum atomic E-state index is 12.0. The predicted molar refractivity (Wildman–Crippen MR) is 73.8 cm³/mol. The minimum absolute atomic E-state index is 0.0377. The summed E-state index contributed by atoms with van der Waals surface area (Å²) in [4.78, 5) is 20.3. The molecule has 0 spiro atoms. The van der Waals surface area contributed by atoms with Gasteiger partial charge in [-0.15, -0.1) is 0 Å². The fourth-order valence-corrected chi connectivity index (χ4v) is 2.45. The minimum Gasteiger partial charge on any atom is -0.325 e. The van der Waals surface area contributed by atoms with Gasteiger partial charge in [-0.2, -0.15) is 0 Å². The Kier molecular flexibility index (Phi) is 3.37. The molecule has 1 saturated heterocycles. The minimum atomic E-state index is 0.0377. The molecule has 0 saturated carbocycles. The van der Waals surface area contributed by atoms with Gasteiger partial charge in [0, 0.05) is 36.4 Å². The Hall–Kier alpha value is -2.01. The number of fused-ring (bicyclic) bond motifs is 1. The van der Waals surface area contributed by atoms with Crippen LogP contribution in [0.3, 0.4) is 0 Å². The van der Waals surface area contributed by atoms with Crippen LogP contribution in [0.1, 0.15) is 19.3 Å². The summed E-state index contributed by atoms with van der Waals surface area (Å²) in [6, 6.07) is 3.96. The van der Waals surface area contributed by atoms with Gasteiger partial charge in [-0.1, -0.05) is 0 Å². The van der Waals surface area contributed by atoms with E-state index in [0.717, 1.165) is 36.0 Å². The second-order valence-corrected chi connectivity index (χ2v) is 4.80. The van der Waals surface area contributed by atoms with E-state index in [9.17, 15) is 4.79 Å². The summed E-state index contributed by atoms with van der Waals surface area (Å²) >= 11 is 0. The smallest absolute Gasteiger partial charge is 0.225 e. The third kappa shape index (κ3) is 2.71. The highest BCUT2D eigenvalue weighted by Gasteiger charge is 2.18. The van der Waals surface area contributed by atoms with Gasteiger partial charge in [-0.25, -0.2) is 0 Å². The zero-order valence-electron chi connectivity index (χ0n) is 10.6. The molecule has 2 N–H and O–H groups in total. The van der Waals surface area contributed by atoms with Crippen LogP contribution in [0.2, 0.25) is 0 Å². The summed E-state index contributed by atoms with van der Waals surface area (Å²) in [5, 5.41) is 7.15. The lowest BCUT2D eigenvalue weighted by Crippen LogP contribution is -2.27. The maximum Gasteiger partial charge on any atom is 0.225 e. The number of carbonyl (C=O) groups is 1. The summed E-state index contributed by atoms with van der Waals surface area (Å²) in [5.74, 6) is 0.0377. The third-order valence-corrected chi connectivity index (χ3v) is 3.41. The van der Waals surface area contributed by atoms with Gasteiger partial charge in [-0.3, -0.25) is 14.8 Å². The van der Waals surface area contributed by atoms with Crippen molar-refractivity contribution in [1.29, 1.82) is 0 Å². The zero-order chi connectivity index (χ0) is 13.1. The molecule has 3 rings (SSSR count). The topological polar surface area (TPSA) is 66.9 Å². The van der Waals surface area contributed by atoms with E-state index >= 15 is 0 Å². The average molecular weight is 256 g/mol. The number of nitrogens with zero attached hydrogens (tertiary/aromatic N) is 2. The van der Waals surface area contributed by atoms with Crippen molar-refractivity contribution < 1.29 is 4.79 Å². The Bertz CT molecular complexity index is 588. The molecule has 2 aromatic heterocycles. The Labute approximate surface area is 111 Å². The second kappa shape index (κ2) is 5.32. The molecule has 0 bridgehead atoms. The van der Waals surface area contributed by atoms with Crippen molar-refractivity contribution in [2.45, 2.75) is 25.3 Å². The molecule has 1 aliphatic heterocycles. The molecule has 1 amide bonds. The summed E-state index contributed by atoms with van der Waals surface area (Å²) < 4.78 is 0. The quantitative estimate of drug-likeness (QED) is 0.877. The number of aromatic nitrogens is 2. The van der Waals surface area contributed by atoms with Gasteiger partial charge >= 0.3 is 0 Å². The molecule has 0 aromatic carbocycles. The van der Waals surface area contributed by atoms with Crippen LogP contribution in [-0.4, -0.2) is 28.5 Å². The fraction of sp³-hybridized carbons (Fsp3) is 0.357. The Morgan fingerprint density at radius 2 is 2.37 bits per heavy atom. The van der Waals surface area contributed by atoms with Crippen LogP contribution < -0.4 is 10.6 Å². The fourth-order valence-electron chi connectivity index (χ4n) is 2.45. The summed E-state index contributed by atoms with van der Waals surface area (Å²) in [7, 11) is 0. The predicted octanol–water partition coefficient (Wildman–Crippen LogP) is 1.71. The van der Waals surface area contributed by atoms with Crippen molar-refractivity contribution in [1.82, 2.24) is 15.3 Å². The average Bonchev–Trinajstić information content (AvgIpc) is 2.92. The van der Waals surface area contributed by atoms with Crippen molar-refractivity contribution in [3.8, 4) is 0 Å². The molecule has 1 unspecified atom stereocenters. The Morgan fingerprint density at radius 1 is 1.42 bits per heavy atom. The van der Waals surface area contributed by atoms with E-state index < -0.39 is 0 Å². The lowest BCUT2D eigenvalue weighted by Gasteiger charge is -2.11. The van der Waals surface area contributed by atoms with Gasteiger partial charge in [0.1, 0.15) is 0 Å². The number of hydrogen-bond donors (Lipinski definition) is 2. The molecular formula is C14H16N4O. The van der Waals surface area contributed by atoms with E-state index in [2.05, 4.69) is 20.6 Å². The van der Waals surface area contributed by atoms with Crippen LogP contribution in [0.4, 0.5) is 5.69 Å². The first-order valence-corrected chi connectivity index (χ1v) is 6.55. The van der Waals surface area contributed by atoms with Crippen LogP contribution in [0, 0.1) is 0 Å². The van der Waals surface area contributed by atoms with Crippen molar-refractivity contribution in [2.24, 2.45) is 0 Å². The molecule has 0 radical (unpaired) electrons. The molecule has 1 atom stereocenters. The van der Waals surface area contributed by atoms with Crippen molar-refractivity contribution in [2.75, 3.05) is 11.9 Å². The van der Waals surface area contributed by atoms with Crippen LogP contribution in [0.15, 0.2) is 30.7 Å². The van der Waals surface area contributed by atoms with Gasteiger partial charge in [0.15, 0.2) is 0 Å². The molecule has 5 heteroatoms. The highest BCUT2D eigenvalue weighted by atomic mass is 16.1. The Balaban J connectivity index is 1.75. The van der Waals surface area contributed by atoms with Crippen LogP contribution in [-0.2, 0) is 4.79 Å². The number of rotatable bonds is 3. The summed E-state index contributed by atoms with van der Waals surface area (Å²) in [6.07, 6.45) is 7.87. The van der Waals surface area contributed by atoms with E-state index in [1.807, 2.05) is 12.1 Å². The zero-order valence-corrected chi connectivity index (χ0v) is 10.6. The van der Waals surface area contributed by atoms with E-state index in [4.69, 9.17) is 0 Å². The van der Waals surface area contributed by atoms with Crippen LogP contribution >= 0.6 is 0 Å². The van der Waals surface area contributed by atoms with Gasteiger partial charge in [0.25, 0.3) is 0 Å². The highest BCUT2D eigenvalue weighted by molar-refractivity contribution is 6.00.